The molecule has 2 aromatic rings. The quantitative estimate of drug-likeness (QED) is 0.805. The number of nitrogens with one attached hydrogen (secondary N) is 1. The van der Waals surface area contributed by atoms with Crippen molar-refractivity contribution in [2.24, 2.45) is 10.6 Å². The maximum atomic E-state index is 12.4. The number of hydrogen-bond acceptors (Lipinski definition) is 3. The van der Waals surface area contributed by atoms with Gasteiger partial charge in [0.15, 0.2) is 11.9 Å². The van der Waals surface area contributed by atoms with Crippen molar-refractivity contribution in [1.29, 1.82) is 0 Å². The molecule has 0 amide bonds. The summed E-state index contributed by atoms with van der Waals surface area (Å²) >= 11 is 3.44. The molecule has 0 spiro atoms. The van der Waals surface area contributed by atoms with Gasteiger partial charge >= 0.3 is 0 Å². The molecule has 0 fully saturated rings. The number of rotatable bonds is 2. The van der Waals surface area contributed by atoms with Crippen LogP contribution in [0.3, 0.4) is 0 Å². The Morgan fingerprint density at radius 3 is 2.75 bits per heavy atom. The van der Waals surface area contributed by atoms with E-state index in [0.717, 1.165) is 39.1 Å². The molecule has 24 heavy (non-hydrogen) atoms. The van der Waals surface area contributed by atoms with Crippen molar-refractivity contribution < 1.29 is 9.63 Å². The van der Waals surface area contributed by atoms with Gasteiger partial charge in [-0.1, -0.05) is 47.1 Å². The molecule has 1 atom stereocenters. The molecular weight excluding hydrogens is 368 g/mol. The Labute approximate surface area is 149 Å². The topological polar surface area (TPSA) is 54.4 Å². The highest BCUT2D eigenvalue weighted by molar-refractivity contribution is 9.10. The molecule has 1 aliphatic heterocycles. The third-order valence-corrected chi connectivity index (χ3v) is 5.24. The molecule has 5 heteroatoms. The van der Waals surface area contributed by atoms with Gasteiger partial charge in [0.25, 0.3) is 0 Å². The van der Waals surface area contributed by atoms with Gasteiger partial charge in [-0.2, -0.15) is 0 Å². The Hall–Kier alpha value is -1.88. The number of H-pyrrole nitrogens is 1. The van der Waals surface area contributed by atoms with Crippen LogP contribution in [0.15, 0.2) is 40.0 Å². The average Bonchev–Trinajstić information content (AvgIpc) is 3.13. The van der Waals surface area contributed by atoms with Gasteiger partial charge < -0.3 is 9.82 Å². The van der Waals surface area contributed by atoms with Crippen molar-refractivity contribution in [3.05, 3.63) is 57.3 Å². The summed E-state index contributed by atoms with van der Waals surface area (Å²) in [4.78, 5) is 21.4. The predicted molar refractivity (Wildman–Crippen MR) is 96.3 cm³/mol. The lowest BCUT2D eigenvalue weighted by Crippen LogP contribution is -2.26. The second-order valence-electron chi connectivity index (χ2n) is 7.40. The van der Waals surface area contributed by atoms with Crippen LogP contribution in [0.4, 0.5) is 0 Å². The minimum Gasteiger partial charge on any atom is -0.385 e. The molecule has 0 saturated heterocycles. The van der Waals surface area contributed by atoms with Gasteiger partial charge in [0.2, 0.25) is 0 Å². The van der Waals surface area contributed by atoms with Gasteiger partial charge in [-0.05, 0) is 35.6 Å². The van der Waals surface area contributed by atoms with Crippen molar-refractivity contribution in [3.63, 3.8) is 0 Å². The van der Waals surface area contributed by atoms with Gasteiger partial charge in [0, 0.05) is 28.6 Å². The molecule has 1 N–H and O–H groups in total. The highest BCUT2D eigenvalue weighted by Crippen LogP contribution is 2.37. The zero-order chi connectivity index (χ0) is 16.9. The Kier molecular flexibility index (Phi) is 3.64. The Balaban J connectivity index is 1.55. The third kappa shape index (κ3) is 2.81. The second kappa shape index (κ2) is 5.59. The van der Waals surface area contributed by atoms with Crippen LogP contribution in [0.2, 0.25) is 0 Å². The smallest absolute Gasteiger partial charge is 0.172 e. The summed E-state index contributed by atoms with van der Waals surface area (Å²) in [5.74, 6) is 0.218. The SMILES string of the molecule is CC1(C)CC(=O)c2cc(C3CC(c4ccc(Br)cc4)=NO3)[nH]c2C1. The zero-order valence-corrected chi connectivity index (χ0v) is 15.3. The van der Waals surface area contributed by atoms with E-state index in [4.69, 9.17) is 4.84 Å². The number of ketones is 1. The molecule has 1 aromatic heterocycles. The Morgan fingerprint density at radius 1 is 1.25 bits per heavy atom. The number of aromatic amines is 1. The molecule has 0 saturated carbocycles. The number of fused-ring (bicyclic) bond motifs is 1. The highest BCUT2D eigenvalue weighted by Gasteiger charge is 2.34. The summed E-state index contributed by atoms with van der Waals surface area (Å²) < 4.78 is 1.04. The largest absolute Gasteiger partial charge is 0.385 e. The number of oxime groups is 1. The first-order valence-electron chi connectivity index (χ1n) is 8.15. The van der Waals surface area contributed by atoms with Crippen molar-refractivity contribution >= 4 is 27.4 Å². The lowest BCUT2D eigenvalue weighted by Gasteiger charge is -2.27. The number of carbonyl (C=O) groups is 1. The van der Waals surface area contributed by atoms with Crippen LogP contribution in [0.25, 0.3) is 0 Å². The molecule has 4 rings (SSSR count). The molecule has 1 aliphatic carbocycles. The zero-order valence-electron chi connectivity index (χ0n) is 13.7. The first-order valence-corrected chi connectivity index (χ1v) is 8.94. The molecule has 1 aromatic carbocycles. The molecule has 1 unspecified atom stereocenters. The number of Topliss-reactive ketones (excluding diaryl/α,β-unsaturated/α-hetero) is 1. The first-order chi connectivity index (χ1) is 11.4. The van der Waals surface area contributed by atoms with E-state index < -0.39 is 0 Å². The first kappa shape index (κ1) is 15.6. The van der Waals surface area contributed by atoms with Crippen LogP contribution in [-0.2, 0) is 11.3 Å². The average molecular weight is 387 g/mol. The second-order valence-corrected chi connectivity index (χ2v) is 8.32. The fourth-order valence-corrected chi connectivity index (χ4v) is 3.77. The Bertz CT molecular complexity index is 834. The monoisotopic (exact) mass is 386 g/mol. The van der Waals surface area contributed by atoms with Crippen molar-refractivity contribution in [2.45, 2.75) is 39.2 Å². The predicted octanol–water partition coefficient (Wildman–Crippen LogP) is 4.80. The van der Waals surface area contributed by atoms with Crippen LogP contribution in [-0.4, -0.2) is 16.5 Å². The molecule has 4 nitrogen and oxygen atoms in total. The number of aromatic nitrogens is 1. The minimum absolute atomic E-state index is 0.0157. The minimum atomic E-state index is -0.148. The van der Waals surface area contributed by atoms with Crippen LogP contribution >= 0.6 is 15.9 Å². The van der Waals surface area contributed by atoms with Crippen molar-refractivity contribution in [1.82, 2.24) is 4.98 Å². The van der Waals surface area contributed by atoms with Gasteiger partial charge in [0.1, 0.15) is 0 Å². The number of hydrogen-bond donors (Lipinski definition) is 1. The van der Waals surface area contributed by atoms with Crippen LogP contribution in [0.1, 0.15) is 60.1 Å². The standard InChI is InChI=1S/C19H19BrN2O2/c1-19(2)9-16-13(17(23)10-19)7-15(21-16)18-8-14(22-24-18)11-3-5-12(20)6-4-11/h3-7,18,21H,8-10H2,1-2H3. The molecular formula is C19H19BrN2O2. The van der Waals surface area contributed by atoms with E-state index in [0.29, 0.717) is 12.8 Å². The molecule has 124 valence electrons. The summed E-state index contributed by atoms with van der Waals surface area (Å²) in [5, 5.41) is 4.24. The third-order valence-electron chi connectivity index (χ3n) is 4.71. The van der Waals surface area contributed by atoms with Crippen LogP contribution in [0, 0.1) is 5.41 Å². The van der Waals surface area contributed by atoms with E-state index in [1.807, 2.05) is 30.3 Å². The van der Waals surface area contributed by atoms with Gasteiger partial charge in [-0.25, -0.2) is 0 Å². The van der Waals surface area contributed by atoms with Crippen molar-refractivity contribution in [3.8, 4) is 0 Å². The molecule has 2 aliphatic rings. The van der Waals surface area contributed by atoms with E-state index in [1.165, 1.54) is 0 Å². The normalized spacial score (nSPS) is 22.0. The summed E-state index contributed by atoms with van der Waals surface area (Å²) in [7, 11) is 0. The maximum Gasteiger partial charge on any atom is 0.172 e. The molecule has 0 radical (unpaired) electrons. The van der Waals surface area contributed by atoms with Gasteiger partial charge in [0.05, 0.1) is 11.4 Å². The van der Waals surface area contributed by atoms with Crippen LogP contribution < -0.4 is 0 Å². The van der Waals surface area contributed by atoms with Crippen molar-refractivity contribution in [2.75, 3.05) is 0 Å². The fourth-order valence-electron chi connectivity index (χ4n) is 3.51. The van der Waals surface area contributed by atoms with E-state index in [-0.39, 0.29) is 17.3 Å². The van der Waals surface area contributed by atoms with Gasteiger partial charge in [-0.3, -0.25) is 4.79 Å². The summed E-state index contributed by atoms with van der Waals surface area (Å²) in [6, 6.07) is 10.0. The number of benzene rings is 1. The van der Waals surface area contributed by atoms with E-state index in [9.17, 15) is 4.79 Å². The lowest BCUT2D eigenvalue weighted by atomic mass is 9.76. The number of halogens is 1. The van der Waals surface area contributed by atoms with Crippen LogP contribution in [0.5, 0.6) is 0 Å². The Morgan fingerprint density at radius 2 is 2.00 bits per heavy atom. The maximum absolute atomic E-state index is 12.4. The van der Waals surface area contributed by atoms with E-state index in [2.05, 4.69) is 39.9 Å². The van der Waals surface area contributed by atoms with E-state index in [1.54, 1.807) is 0 Å². The van der Waals surface area contributed by atoms with E-state index >= 15 is 0 Å². The molecule has 0 bridgehead atoms. The highest BCUT2D eigenvalue weighted by atomic mass is 79.9. The summed E-state index contributed by atoms with van der Waals surface area (Å²) in [6.45, 7) is 4.27. The summed E-state index contributed by atoms with van der Waals surface area (Å²) in [6.07, 6.45) is 2.05. The summed E-state index contributed by atoms with van der Waals surface area (Å²) in [5.41, 5.74) is 4.82. The lowest BCUT2D eigenvalue weighted by molar-refractivity contribution is 0.0828. The number of carbonyl (C=O) groups excluding carboxylic acids is 1. The molecule has 2 heterocycles. The fraction of sp³-hybridized carbons (Fsp3) is 0.368. The number of nitrogens with zero attached hydrogens (tertiary/aromatic N) is 1. The van der Waals surface area contributed by atoms with Gasteiger partial charge in [-0.15, -0.1) is 0 Å².